The fourth-order valence-corrected chi connectivity index (χ4v) is 2.54. The molecule has 2 aromatic rings. The summed E-state index contributed by atoms with van der Waals surface area (Å²) in [5.41, 5.74) is 1.19. The maximum absolute atomic E-state index is 12.4. The number of hydrogen-bond donors (Lipinski definition) is 2. The zero-order chi connectivity index (χ0) is 14.3. The summed E-state index contributed by atoms with van der Waals surface area (Å²) in [7, 11) is 0. The number of carbonyl (C=O) groups excluding carboxylic acids is 1. The van der Waals surface area contributed by atoms with E-state index in [0.717, 1.165) is 17.4 Å². The van der Waals surface area contributed by atoms with E-state index in [-0.39, 0.29) is 25.6 Å². The van der Waals surface area contributed by atoms with Crippen molar-refractivity contribution in [3.05, 3.63) is 35.6 Å². The Labute approximate surface area is 116 Å². The molecule has 0 saturated carbocycles. The van der Waals surface area contributed by atoms with Crippen LogP contribution in [0.1, 0.15) is 22.8 Å². The predicted molar refractivity (Wildman–Crippen MR) is 73.5 cm³/mol. The van der Waals surface area contributed by atoms with Crippen LogP contribution in [-0.2, 0) is 6.42 Å². The highest BCUT2D eigenvalue weighted by Gasteiger charge is 2.43. The summed E-state index contributed by atoms with van der Waals surface area (Å²) >= 11 is 0. The fraction of sp³-hybridized carbons (Fsp3) is 0.400. The van der Waals surface area contributed by atoms with Crippen LogP contribution in [0.25, 0.3) is 11.0 Å². The number of aryl methyl sites for hydroxylation is 1. The van der Waals surface area contributed by atoms with E-state index in [0.29, 0.717) is 11.1 Å². The lowest BCUT2D eigenvalue weighted by atomic mass is 9.94. The molecule has 0 radical (unpaired) electrons. The Kier molecular flexibility index (Phi) is 3.03. The Morgan fingerprint density at radius 2 is 2.20 bits per heavy atom. The van der Waals surface area contributed by atoms with Gasteiger partial charge in [-0.05, 0) is 24.1 Å². The summed E-state index contributed by atoms with van der Waals surface area (Å²) in [6.07, 6.45) is 2.35. The second-order valence-electron chi connectivity index (χ2n) is 5.38. The third-order valence-corrected chi connectivity index (χ3v) is 3.83. The van der Waals surface area contributed by atoms with Gasteiger partial charge in [0.05, 0.1) is 25.3 Å². The van der Waals surface area contributed by atoms with Gasteiger partial charge in [0, 0.05) is 5.39 Å². The minimum atomic E-state index is -1.15. The Morgan fingerprint density at radius 3 is 2.85 bits per heavy atom. The number of amides is 1. The van der Waals surface area contributed by atoms with Crippen molar-refractivity contribution < 1.29 is 19.4 Å². The molecule has 1 aliphatic heterocycles. The van der Waals surface area contributed by atoms with E-state index in [9.17, 15) is 9.90 Å². The molecule has 0 bridgehead atoms. The standard InChI is InChI=1S/C15H17NO4/c1-2-10-3-4-13-11(5-10)12(6-20-13)14(18)16-7-15(19,8-16)9-17/h3-6,17,19H,2,7-9H2,1H3. The van der Waals surface area contributed by atoms with Crippen molar-refractivity contribution in [2.45, 2.75) is 18.9 Å². The minimum Gasteiger partial charge on any atom is -0.463 e. The van der Waals surface area contributed by atoms with Gasteiger partial charge in [-0.3, -0.25) is 4.79 Å². The van der Waals surface area contributed by atoms with Crippen LogP contribution >= 0.6 is 0 Å². The van der Waals surface area contributed by atoms with Gasteiger partial charge in [0.1, 0.15) is 17.4 Å². The molecule has 106 valence electrons. The highest BCUT2D eigenvalue weighted by Crippen LogP contribution is 2.28. The molecule has 1 saturated heterocycles. The van der Waals surface area contributed by atoms with Crippen LogP contribution in [0.2, 0.25) is 0 Å². The smallest absolute Gasteiger partial charge is 0.257 e. The van der Waals surface area contributed by atoms with Crippen molar-refractivity contribution in [3.63, 3.8) is 0 Å². The monoisotopic (exact) mass is 275 g/mol. The number of aliphatic hydroxyl groups is 2. The number of benzene rings is 1. The van der Waals surface area contributed by atoms with Crippen molar-refractivity contribution in [2.24, 2.45) is 0 Å². The molecule has 5 heteroatoms. The molecular weight excluding hydrogens is 258 g/mol. The van der Waals surface area contributed by atoms with Gasteiger partial charge in [-0.15, -0.1) is 0 Å². The zero-order valence-electron chi connectivity index (χ0n) is 11.3. The van der Waals surface area contributed by atoms with Gasteiger partial charge in [-0.1, -0.05) is 13.0 Å². The number of β-amino-alcohol motifs (C(OH)–C–C–N with tert-alkyl or cyclic N) is 1. The van der Waals surface area contributed by atoms with Crippen LogP contribution in [0.3, 0.4) is 0 Å². The molecule has 1 aliphatic rings. The quantitative estimate of drug-likeness (QED) is 0.882. The molecule has 0 spiro atoms. The molecule has 2 N–H and O–H groups in total. The predicted octanol–water partition coefficient (Wildman–Crippen LogP) is 1.17. The molecule has 5 nitrogen and oxygen atoms in total. The Bertz CT molecular complexity index is 655. The average molecular weight is 275 g/mol. The minimum absolute atomic E-state index is 0.155. The highest BCUT2D eigenvalue weighted by molar-refractivity contribution is 6.06. The molecule has 0 atom stereocenters. The molecule has 0 unspecified atom stereocenters. The van der Waals surface area contributed by atoms with Crippen LogP contribution in [0.4, 0.5) is 0 Å². The van der Waals surface area contributed by atoms with Crippen molar-refractivity contribution >= 4 is 16.9 Å². The molecule has 0 aliphatic carbocycles. The van der Waals surface area contributed by atoms with E-state index in [1.54, 1.807) is 0 Å². The van der Waals surface area contributed by atoms with Gasteiger partial charge in [0.15, 0.2) is 0 Å². The van der Waals surface area contributed by atoms with Crippen molar-refractivity contribution in [1.29, 1.82) is 0 Å². The SMILES string of the molecule is CCc1ccc2occ(C(=O)N3CC(O)(CO)C3)c2c1. The third-order valence-electron chi connectivity index (χ3n) is 3.83. The van der Waals surface area contributed by atoms with E-state index in [1.807, 2.05) is 18.2 Å². The normalized spacial score (nSPS) is 17.2. The third kappa shape index (κ3) is 1.99. The number of rotatable bonds is 3. The largest absolute Gasteiger partial charge is 0.463 e. The molecule has 1 fully saturated rings. The Morgan fingerprint density at radius 1 is 1.45 bits per heavy atom. The lowest BCUT2D eigenvalue weighted by Gasteiger charge is -2.45. The lowest BCUT2D eigenvalue weighted by Crippen LogP contribution is -2.65. The van der Waals surface area contributed by atoms with Gasteiger partial charge in [-0.25, -0.2) is 0 Å². The van der Waals surface area contributed by atoms with E-state index in [1.165, 1.54) is 11.2 Å². The Balaban J connectivity index is 1.89. The molecule has 3 rings (SSSR count). The first-order chi connectivity index (χ1) is 9.56. The van der Waals surface area contributed by atoms with E-state index in [2.05, 4.69) is 6.92 Å². The number of nitrogens with zero attached hydrogens (tertiary/aromatic N) is 1. The van der Waals surface area contributed by atoms with Crippen molar-refractivity contribution in [1.82, 2.24) is 4.90 Å². The average Bonchev–Trinajstić information content (AvgIpc) is 2.85. The number of carbonyl (C=O) groups is 1. The first-order valence-corrected chi connectivity index (χ1v) is 6.69. The molecule has 1 amide bonds. The first kappa shape index (κ1) is 13.1. The maximum Gasteiger partial charge on any atom is 0.257 e. The van der Waals surface area contributed by atoms with Gasteiger partial charge in [0.2, 0.25) is 0 Å². The lowest BCUT2D eigenvalue weighted by molar-refractivity contribution is -0.109. The van der Waals surface area contributed by atoms with E-state index < -0.39 is 5.60 Å². The summed E-state index contributed by atoms with van der Waals surface area (Å²) in [6.45, 7) is 2.04. The fourth-order valence-electron chi connectivity index (χ4n) is 2.54. The van der Waals surface area contributed by atoms with Gasteiger partial charge in [-0.2, -0.15) is 0 Å². The second-order valence-corrected chi connectivity index (χ2v) is 5.38. The second kappa shape index (κ2) is 4.61. The van der Waals surface area contributed by atoms with Crippen LogP contribution in [0.5, 0.6) is 0 Å². The molecule has 1 aromatic heterocycles. The molecule has 1 aromatic carbocycles. The van der Waals surface area contributed by atoms with Gasteiger partial charge >= 0.3 is 0 Å². The summed E-state index contributed by atoms with van der Waals surface area (Å²) in [4.78, 5) is 13.9. The summed E-state index contributed by atoms with van der Waals surface area (Å²) < 4.78 is 5.41. The number of fused-ring (bicyclic) bond motifs is 1. The highest BCUT2D eigenvalue weighted by atomic mass is 16.3. The van der Waals surface area contributed by atoms with Crippen LogP contribution in [-0.4, -0.2) is 46.3 Å². The van der Waals surface area contributed by atoms with Crippen molar-refractivity contribution in [3.8, 4) is 0 Å². The summed E-state index contributed by atoms with van der Waals surface area (Å²) in [5.74, 6) is -0.171. The van der Waals surface area contributed by atoms with E-state index >= 15 is 0 Å². The molecule has 2 heterocycles. The number of likely N-dealkylation sites (tertiary alicyclic amines) is 1. The zero-order valence-corrected chi connectivity index (χ0v) is 11.3. The first-order valence-electron chi connectivity index (χ1n) is 6.69. The number of hydrogen-bond acceptors (Lipinski definition) is 4. The van der Waals surface area contributed by atoms with Crippen LogP contribution in [0, 0.1) is 0 Å². The van der Waals surface area contributed by atoms with Crippen molar-refractivity contribution in [2.75, 3.05) is 19.7 Å². The summed E-state index contributed by atoms with van der Waals surface area (Å²) in [5, 5.41) is 19.6. The van der Waals surface area contributed by atoms with Gasteiger partial charge < -0.3 is 19.5 Å². The maximum atomic E-state index is 12.4. The number of aliphatic hydroxyl groups excluding tert-OH is 1. The van der Waals surface area contributed by atoms with Gasteiger partial charge in [0.25, 0.3) is 5.91 Å². The summed E-state index contributed by atoms with van der Waals surface area (Å²) in [6, 6.07) is 5.81. The Hall–Kier alpha value is -1.85. The number of furan rings is 1. The van der Waals surface area contributed by atoms with Crippen LogP contribution < -0.4 is 0 Å². The topological polar surface area (TPSA) is 73.9 Å². The van der Waals surface area contributed by atoms with Crippen LogP contribution in [0.15, 0.2) is 28.9 Å². The van der Waals surface area contributed by atoms with E-state index in [4.69, 9.17) is 9.52 Å². The molecule has 20 heavy (non-hydrogen) atoms. The molecular formula is C15H17NO4.